The lowest BCUT2D eigenvalue weighted by molar-refractivity contribution is -0.143. The predicted molar refractivity (Wildman–Crippen MR) is 94.5 cm³/mol. The van der Waals surface area contributed by atoms with Gasteiger partial charge in [-0.25, -0.2) is 14.4 Å². The monoisotopic (exact) mass is 376 g/mol. The number of likely N-dealkylation sites (N-methyl/N-ethyl adjacent to an activating group) is 1. The number of fused-ring (bicyclic) bond motifs is 1. The number of aromatic nitrogens is 2. The van der Waals surface area contributed by atoms with E-state index in [0.717, 1.165) is 9.58 Å². The van der Waals surface area contributed by atoms with Crippen LogP contribution in [0, 0.1) is 5.92 Å². The number of nitrogens with one attached hydrogen (secondary N) is 1. The Balaban J connectivity index is 2.21. The number of carbonyl (C=O) groups excluding carboxylic acids is 2. The van der Waals surface area contributed by atoms with Gasteiger partial charge < -0.3 is 20.4 Å². The average molecular weight is 376 g/mol. The maximum atomic E-state index is 12.6. The largest absolute Gasteiger partial charge is 0.480 e. The molecule has 0 radical (unpaired) electrons. The number of carbonyl (C=O) groups is 4. The molecule has 0 bridgehead atoms. The maximum Gasteiger partial charge on any atom is 0.357 e. The maximum absolute atomic E-state index is 12.6. The van der Waals surface area contributed by atoms with Crippen LogP contribution in [0.1, 0.15) is 24.3 Å². The number of carboxylic acid groups (broad SMARTS) is 2. The second-order valence-corrected chi connectivity index (χ2v) is 6.35. The van der Waals surface area contributed by atoms with E-state index < -0.39 is 36.5 Å². The smallest absolute Gasteiger partial charge is 0.357 e. The van der Waals surface area contributed by atoms with Gasteiger partial charge in [-0.1, -0.05) is 32.0 Å². The van der Waals surface area contributed by atoms with E-state index >= 15 is 0 Å². The van der Waals surface area contributed by atoms with Gasteiger partial charge >= 0.3 is 18.0 Å². The number of para-hydroxylation sites is 1. The quantitative estimate of drug-likeness (QED) is 0.679. The molecule has 1 atom stereocenters. The molecule has 144 valence electrons. The first kappa shape index (κ1) is 19.9. The Hall–Kier alpha value is -3.43. The number of nitrogens with zero attached hydrogens (tertiary/aromatic N) is 3. The highest BCUT2D eigenvalue weighted by atomic mass is 16.4. The van der Waals surface area contributed by atoms with Gasteiger partial charge in [0.05, 0.1) is 5.52 Å². The number of aliphatic carboxylic acids is 1. The number of amides is 2. The van der Waals surface area contributed by atoms with Crippen molar-refractivity contribution in [2.24, 2.45) is 5.92 Å². The Labute approximate surface area is 154 Å². The summed E-state index contributed by atoms with van der Waals surface area (Å²) >= 11 is 0. The molecule has 10 nitrogen and oxygen atoms in total. The third kappa shape index (κ3) is 4.22. The van der Waals surface area contributed by atoms with Crippen molar-refractivity contribution < 1.29 is 29.4 Å². The van der Waals surface area contributed by atoms with Crippen LogP contribution in [0.2, 0.25) is 0 Å². The molecule has 2 amide bonds. The molecular weight excluding hydrogens is 356 g/mol. The van der Waals surface area contributed by atoms with Gasteiger partial charge in [0.2, 0.25) is 5.91 Å². The zero-order valence-electron chi connectivity index (χ0n) is 15.0. The molecule has 0 unspecified atom stereocenters. The minimum Gasteiger partial charge on any atom is -0.480 e. The molecule has 0 saturated carbocycles. The summed E-state index contributed by atoms with van der Waals surface area (Å²) in [6.07, 6.45) is 0. The molecule has 0 spiro atoms. The van der Waals surface area contributed by atoms with Crippen molar-refractivity contribution in [2.75, 3.05) is 13.6 Å². The first-order valence-electron chi connectivity index (χ1n) is 8.12. The standard InChI is InChI=1S/C17H20N4O6/c1-9(2)13(15(23)24)18-12(22)8-20(3)17(27)21-11-7-5-4-6-10(11)14(19-21)16(25)26/h4-7,9,13H,8H2,1-3H3,(H,18,22)(H,23,24)(H,25,26)/t13-/m0/s1. The van der Waals surface area contributed by atoms with Crippen molar-refractivity contribution in [2.45, 2.75) is 19.9 Å². The van der Waals surface area contributed by atoms with Crippen LogP contribution in [-0.4, -0.2) is 68.4 Å². The highest BCUT2D eigenvalue weighted by Gasteiger charge is 2.26. The molecule has 0 saturated heterocycles. The van der Waals surface area contributed by atoms with Crippen molar-refractivity contribution in [1.82, 2.24) is 20.0 Å². The zero-order chi connectivity index (χ0) is 20.3. The van der Waals surface area contributed by atoms with E-state index in [0.29, 0.717) is 5.39 Å². The first-order valence-corrected chi connectivity index (χ1v) is 8.12. The number of rotatable bonds is 6. The van der Waals surface area contributed by atoms with E-state index in [1.165, 1.54) is 13.1 Å². The topological polar surface area (TPSA) is 142 Å². The minimum absolute atomic E-state index is 0.275. The molecule has 2 rings (SSSR count). The summed E-state index contributed by atoms with van der Waals surface area (Å²) in [6, 6.07) is 4.53. The van der Waals surface area contributed by atoms with Gasteiger partial charge in [-0.15, -0.1) is 0 Å². The Morgan fingerprint density at radius 1 is 1.19 bits per heavy atom. The van der Waals surface area contributed by atoms with Gasteiger partial charge in [0.15, 0.2) is 5.69 Å². The van der Waals surface area contributed by atoms with Crippen molar-refractivity contribution in [3.8, 4) is 0 Å². The summed E-state index contributed by atoms with van der Waals surface area (Å²) in [4.78, 5) is 48.2. The predicted octanol–water partition coefficient (Wildman–Crippen LogP) is 0.860. The summed E-state index contributed by atoms with van der Waals surface area (Å²) in [5.74, 6) is -3.43. The number of hydrogen-bond donors (Lipinski definition) is 3. The third-order valence-corrected chi connectivity index (χ3v) is 3.93. The number of hydrogen-bond acceptors (Lipinski definition) is 5. The fourth-order valence-electron chi connectivity index (χ4n) is 2.55. The molecule has 0 aliphatic rings. The van der Waals surface area contributed by atoms with E-state index in [1.54, 1.807) is 32.0 Å². The molecular formula is C17H20N4O6. The van der Waals surface area contributed by atoms with Crippen LogP contribution in [0.3, 0.4) is 0 Å². The highest BCUT2D eigenvalue weighted by molar-refractivity contribution is 6.04. The lowest BCUT2D eigenvalue weighted by Crippen LogP contribution is -2.48. The lowest BCUT2D eigenvalue weighted by atomic mass is 10.1. The fourth-order valence-corrected chi connectivity index (χ4v) is 2.55. The average Bonchev–Trinajstić information content (AvgIpc) is 2.98. The van der Waals surface area contributed by atoms with Crippen LogP contribution >= 0.6 is 0 Å². The minimum atomic E-state index is -1.28. The molecule has 1 heterocycles. The number of aromatic carboxylic acids is 1. The molecule has 27 heavy (non-hydrogen) atoms. The molecule has 1 aromatic heterocycles. The third-order valence-electron chi connectivity index (χ3n) is 3.93. The molecule has 10 heteroatoms. The van der Waals surface area contributed by atoms with Crippen molar-refractivity contribution >= 4 is 34.8 Å². The Bertz CT molecular complexity index is 904. The SMILES string of the molecule is CC(C)[C@H](NC(=O)CN(C)C(=O)n1nc(C(=O)O)c2ccccc21)C(=O)O. The Kier molecular flexibility index (Phi) is 5.78. The summed E-state index contributed by atoms with van der Waals surface area (Å²) in [7, 11) is 1.34. The number of carboxylic acids is 2. The second-order valence-electron chi connectivity index (χ2n) is 6.35. The Morgan fingerprint density at radius 3 is 2.37 bits per heavy atom. The zero-order valence-corrected chi connectivity index (χ0v) is 15.0. The summed E-state index contributed by atoms with van der Waals surface area (Å²) in [6.45, 7) is 2.89. The van der Waals surface area contributed by atoms with Crippen LogP contribution in [0.15, 0.2) is 24.3 Å². The van der Waals surface area contributed by atoms with E-state index in [1.807, 2.05) is 0 Å². The van der Waals surface area contributed by atoms with Crippen LogP contribution in [-0.2, 0) is 9.59 Å². The van der Waals surface area contributed by atoms with Crippen LogP contribution in [0.25, 0.3) is 10.9 Å². The summed E-state index contributed by atoms with van der Waals surface area (Å²) < 4.78 is 0.906. The van der Waals surface area contributed by atoms with Crippen molar-refractivity contribution in [3.63, 3.8) is 0 Å². The van der Waals surface area contributed by atoms with Gasteiger partial charge in [-0.05, 0) is 12.0 Å². The van der Waals surface area contributed by atoms with Crippen molar-refractivity contribution in [3.05, 3.63) is 30.0 Å². The summed E-state index contributed by atoms with van der Waals surface area (Å²) in [5.41, 5.74) is 0.0142. The van der Waals surface area contributed by atoms with Gasteiger partial charge in [0.25, 0.3) is 0 Å². The molecule has 0 aliphatic carbocycles. The molecule has 3 N–H and O–H groups in total. The molecule has 2 aromatic rings. The molecule has 1 aromatic carbocycles. The van der Waals surface area contributed by atoms with E-state index in [2.05, 4.69) is 10.4 Å². The van der Waals surface area contributed by atoms with Crippen LogP contribution in [0.5, 0.6) is 0 Å². The van der Waals surface area contributed by atoms with Crippen molar-refractivity contribution in [1.29, 1.82) is 0 Å². The first-order chi connectivity index (χ1) is 12.6. The van der Waals surface area contributed by atoms with Gasteiger partial charge in [-0.2, -0.15) is 9.78 Å². The van der Waals surface area contributed by atoms with Gasteiger partial charge in [-0.3, -0.25) is 4.79 Å². The van der Waals surface area contributed by atoms with Gasteiger partial charge in [0, 0.05) is 12.4 Å². The van der Waals surface area contributed by atoms with E-state index in [4.69, 9.17) is 5.11 Å². The Morgan fingerprint density at radius 2 is 1.81 bits per heavy atom. The van der Waals surface area contributed by atoms with E-state index in [-0.39, 0.29) is 17.1 Å². The molecule has 0 aliphatic heterocycles. The van der Waals surface area contributed by atoms with Crippen LogP contribution in [0.4, 0.5) is 4.79 Å². The van der Waals surface area contributed by atoms with Gasteiger partial charge in [0.1, 0.15) is 12.6 Å². The number of benzene rings is 1. The summed E-state index contributed by atoms with van der Waals surface area (Å²) in [5, 5.41) is 24.9. The van der Waals surface area contributed by atoms with Crippen LogP contribution < -0.4 is 5.32 Å². The van der Waals surface area contributed by atoms with E-state index in [9.17, 15) is 24.3 Å². The molecule has 0 fully saturated rings. The second kappa shape index (κ2) is 7.85. The fraction of sp³-hybridized carbons (Fsp3) is 0.353. The highest BCUT2D eigenvalue weighted by Crippen LogP contribution is 2.18. The lowest BCUT2D eigenvalue weighted by Gasteiger charge is -2.21. The normalized spacial score (nSPS) is 12.0.